The highest BCUT2D eigenvalue weighted by Gasteiger charge is 2.19. The van der Waals surface area contributed by atoms with E-state index in [4.69, 9.17) is 24.5 Å². The molecule has 1 rings (SSSR count). The van der Waals surface area contributed by atoms with Gasteiger partial charge in [-0.1, -0.05) is 33.1 Å². The zero-order chi connectivity index (χ0) is 18.4. The summed E-state index contributed by atoms with van der Waals surface area (Å²) >= 11 is 0. The summed E-state index contributed by atoms with van der Waals surface area (Å²) in [6.45, 7) is 4.32. The molecule has 0 spiro atoms. The molecule has 0 heterocycles. The minimum atomic E-state index is -1.83. The minimum absolute atomic E-state index is 0.285. The van der Waals surface area contributed by atoms with Gasteiger partial charge < -0.3 is 25.0 Å². The van der Waals surface area contributed by atoms with Gasteiger partial charge in [-0.3, -0.25) is 4.79 Å². The molecular weight excluding hydrogens is 318 g/mol. The molecule has 0 bridgehead atoms. The van der Waals surface area contributed by atoms with Crippen LogP contribution in [0.2, 0.25) is 0 Å². The number of carboxylic acid groups (broad SMARTS) is 2. The van der Waals surface area contributed by atoms with Gasteiger partial charge in [-0.15, -0.1) is 0 Å². The number of nitrogens with one attached hydrogen (secondary N) is 1. The maximum Gasteiger partial charge on any atom is 0.503 e. The molecule has 1 atom stereocenters. The maximum atomic E-state index is 11.7. The molecule has 0 saturated heterocycles. The molecule has 1 aliphatic rings. The Bertz CT molecular complexity index is 377. The molecule has 1 fully saturated rings. The first-order valence-electron chi connectivity index (χ1n) is 8.44. The largest absolute Gasteiger partial charge is 0.503 e. The SMILES string of the molecule is CCCC(OC(=O)CC)OC(=O)NCC1CCCCC1.O=C(O)O. The lowest BCUT2D eigenvalue weighted by molar-refractivity contribution is -0.168. The number of carbonyl (C=O) groups is 3. The molecule has 0 aromatic carbocycles. The van der Waals surface area contributed by atoms with E-state index < -0.39 is 18.5 Å². The second-order valence-electron chi connectivity index (χ2n) is 5.63. The van der Waals surface area contributed by atoms with Crippen molar-refractivity contribution in [3.8, 4) is 0 Å². The topological polar surface area (TPSA) is 122 Å². The smallest absolute Gasteiger partial charge is 0.450 e. The van der Waals surface area contributed by atoms with Crippen molar-refractivity contribution in [1.29, 1.82) is 0 Å². The highest BCUT2D eigenvalue weighted by atomic mass is 16.7. The van der Waals surface area contributed by atoms with Crippen LogP contribution in [-0.2, 0) is 14.3 Å². The predicted octanol–water partition coefficient (Wildman–Crippen LogP) is 3.59. The fraction of sp³-hybridized carbons (Fsp3) is 0.812. The first-order valence-corrected chi connectivity index (χ1v) is 8.44. The first-order chi connectivity index (χ1) is 11.4. The molecular formula is C16H29NO7. The summed E-state index contributed by atoms with van der Waals surface area (Å²) in [5, 5.41) is 16.7. The molecule has 0 aliphatic heterocycles. The van der Waals surface area contributed by atoms with Gasteiger partial charge in [0.25, 0.3) is 0 Å². The third kappa shape index (κ3) is 12.5. The summed E-state index contributed by atoms with van der Waals surface area (Å²) in [5.74, 6) is 0.211. The van der Waals surface area contributed by atoms with Crippen LogP contribution in [0, 0.1) is 5.92 Å². The number of alkyl carbamates (subject to hydrolysis) is 1. The Morgan fingerprint density at radius 3 is 2.17 bits per heavy atom. The quantitative estimate of drug-likeness (QED) is 0.475. The zero-order valence-corrected chi connectivity index (χ0v) is 14.5. The highest BCUT2D eigenvalue weighted by molar-refractivity contribution is 5.70. The molecule has 0 radical (unpaired) electrons. The molecule has 0 aromatic heterocycles. The molecule has 3 N–H and O–H groups in total. The number of amides is 1. The van der Waals surface area contributed by atoms with E-state index in [9.17, 15) is 9.59 Å². The van der Waals surface area contributed by atoms with Crippen molar-refractivity contribution in [3.63, 3.8) is 0 Å². The van der Waals surface area contributed by atoms with Gasteiger partial charge in [-0.05, 0) is 25.2 Å². The predicted molar refractivity (Wildman–Crippen MR) is 86.8 cm³/mol. The Morgan fingerprint density at radius 2 is 1.67 bits per heavy atom. The minimum Gasteiger partial charge on any atom is -0.450 e. The Kier molecular flexibility index (Phi) is 12.3. The van der Waals surface area contributed by atoms with Crippen LogP contribution >= 0.6 is 0 Å². The fourth-order valence-corrected chi connectivity index (χ4v) is 2.39. The first kappa shape index (κ1) is 22.0. The lowest BCUT2D eigenvalue weighted by Gasteiger charge is -2.22. The van der Waals surface area contributed by atoms with Gasteiger partial charge in [-0.25, -0.2) is 9.59 Å². The third-order valence-electron chi connectivity index (χ3n) is 3.57. The van der Waals surface area contributed by atoms with Crippen molar-refractivity contribution < 1.29 is 34.1 Å². The van der Waals surface area contributed by atoms with Crippen molar-refractivity contribution in [2.24, 2.45) is 5.92 Å². The molecule has 24 heavy (non-hydrogen) atoms. The van der Waals surface area contributed by atoms with E-state index in [-0.39, 0.29) is 12.4 Å². The number of ether oxygens (including phenoxy) is 2. The maximum absolute atomic E-state index is 11.7. The van der Waals surface area contributed by atoms with Crippen molar-refractivity contribution in [1.82, 2.24) is 5.32 Å². The van der Waals surface area contributed by atoms with Crippen LogP contribution in [0.15, 0.2) is 0 Å². The van der Waals surface area contributed by atoms with Gasteiger partial charge in [0.05, 0.1) is 0 Å². The van der Waals surface area contributed by atoms with Gasteiger partial charge in [0.15, 0.2) is 0 Å². The van der Waals surface area contributed by atoms with E-state index >= 15 is 0 Å². The summed E-state index contributed by atoms with van der Waals surface area (Å²) in [5.41, 5.74) is 0. The number of hydrogen-bond acceptors (Lipinski definition) is 5. The van der Waals surface area contributed by atoms with Crippen LogP contribution in [0.25, 0.3) is 0 Å². The third-order valence-corrected chi connectivity index (χ3v) is 3.57. The van der Waals surface area contributed by atoms with Gasteiger partial charge in [0.2, 0.25) is 6.29 Å². The van der Waals surface area contributed by atoms with Crippen LogP contribution in [0.1, 0.15) is 65.2 Å². The number of rotatable bonds is 7. The second-order valence-corrected chi connectivity index (χ2v) is 5.63. The molecule has 1 aliphatic carbocycles. The molecule has 1 saturated carbocycles. The molecule has 8 heteroatoms. The molecule has 140 valence electrons. The van der Waals surface area contributed by atoms with Crippen molar-refractivity contribution in [2.75, 3.05) is 6.54 Å². The van der Waals surface area contributed by atoms with E-state index in [0.717, 1.165) is 6.42 Å². The lowest BCUT2D eigenvalue weighted by Crippen LogP contribution is -2.34. The van der Waals surface area contributed by atoms with Crippen molar-refractivity contribution in [3.05, 3.63) is 0 Å². The molecule has 1 amide bonds. The molecule has 1 unspecified atom stereocenters. The summed E-state index contributed by atoms with van der Waals surface area (Å²) in [6.07, 6.45) is 4.64. The lowest BCUT2D eigenvalue weighted by atomic mass is 9.89. The Morgan fingerprint density at radius 1 is 1.08 bits per heavy atom. The zero-order valence-electron chi connectivity index (χ0n) is 14.5. The van der Waals surface area contributed by atoms with Gasteiger partial charge in [0, 0.05) is 19.4 Å². The van der Waals surface area contributed by atoms with E-state index in [1.165, 1.54) is 32.1 Å². The van der Waals surface area contributed by atoms with Gasteiger partial charge in [-0.2, -0.15) is 0 Å². The Balaban J connectivity index is 0.00000118. The number of esters is 1. The summed E-state index contributed by atoms with van der Waals surface area (Å²) in [6, 6.07) is 0. The monoisotopic (exact) mass is 347 g/mol. The summed E-state index contributed by atoms with van der Waals surface area (Å²) in [4.78, 5) is 31.5. The van der Waals surface area contributed by atoms with Crippen LogP contribution in [0.4, 0.5) is 9.59 Å². The van der Waals surface area contributed by atoms with Gasteiger partial charge >= 0.3 is 18.2 Å². The van der Waals surface area contributed by atoms with Crippen molar-refractivity contribution >= 4 is 18.2 Å². The van der Waals surface area contributed by atoms with E-state index in [2.05, 4.69) is 5.32 Å². The van der Waals surface area contributed by atoms with Crippen LogP contribution in [0.5, 0.6) is 0 Å². The average molecular weight is 347 g/mol. The van der Waals surface area contributed by atoms with Crippen molar-refractivity contribution in [2.45, 2.75) is 71.5 Å². The normalized spacial score (nSPS) is 15.4. The molecule has 0 aromatic rings. The van der Waals surface area contributed by atoms with Crippen LogP contribution in [-0.4, -0.2) is 41.3 Å². The Labute approximate surface area is 142 Å². The second kappa shape index (κ2) is 13.4. The van der Waals surface area contributed by atoms with E-state index in [1.807, 2.05) is 6.92 Å². The summed E-state index contributed by atoms with van der Waals surface area (Å²) in [7, 11) is 0. The van der Waals surface area contributed by atoms with E-state index in [0.29, 0.717) is 18.9 Å². The number of hydrogen-bond donors (Lipinski definition) is 3. The van der Waals surface area contributed by atoms with Crippen LogP contribution < -0.4 is 5.32 Å². The molecule has 8 nitrogen and oxygen atoms in total. The fourth-order valence-electron chi connectivity index (χ4n) is 2.39. The van der Waals surface area contributed by atoms with Crippen LogP contribution in [0.3, 0.4) is 0 Å². The standard InChI is InChI=1S/C15H27NO4.CH2O3/c1-3-8-14(19-13(17)4-2)20-15(18)16-11-12-9-6-5-7-10-12;2-1(3)4/h12,14H,3-11H2,1-2H3,(H,16,18);(H2,2,3,4). The average Bonchev–Trinajstić information content (AvgIpc) is 2.53. The summed E-state index contributed by atoms with van der Waals surface area (Å²) < 4.78 is 10.2. The van der Waals surface area contributed by atoms with E-state index in [1.54, 1.807) is 6.92 Å². The Hall–Kier alpha value is -1.99. The number of carbonyl (C=O) groups excluding carboxylic acids is 2. The van der Waals surface area contributed by atoms with Gasteiger partial charge in [0.1, 0.15) is 0 Å². The highest BCUT2D eigenvalue weighted by Crippen LogP contribution is 2.22.